The molecule has 4 heteroatoms. The SMILES string of the molecule is CCCC(N)CC(=O)NNC. The first-order chi connectivity index (χ1) is 5.20. The van der Waals surface area contributed by atoms with Gasteiger partial charge in [-0.1, -0.05) is 13.3 Å². The van der Waals surface area contributed by atoms with E-state index in [0.717, 1.165) is 12.8 Å². The van der Waals surface area contributed by atoms with Gasteiger partial charge in [0.15, 0.2) is 0 Å². The minimum Gasteiger partial charge on any atom is -0.327 e. The molecule has 0 radical (unpaired) electrons. The van der Waals surface area contributed by atoms with Gasteiger partial charge in [-0.05, 0) is 6.42 Å². The summed E-state index contributed by atoms with van der Waals surface area (Å²) in [5.41, 5.74) is 10.7. The van der Waals surface area contributed by atoms with Crippen molar-refractivity contribution in [1.29, 1.82) is 0 Å². The number of carbonyl (C=O) groups is 1. The molecule has 0 rings (SSSR count). The second kappa shape index (κ2) is 6.12. The predicted molar refractivity (Wildman–Crippen MR) is 44.7 cm³/mol. The zero-order chi connectivity index (χ0) is 8.69. The quantitative estimate of drug-likeness (QED) is 0.485. The Labute approximate surface area is 67.5 Å². The summed E-state index contributed by atoms with van der Waals surface area (Å²) in [6.07, 6.45) is 2.32. The zero-order valence-electron chi connectivity index (χ0n) is 7.18. The van der Waals surface area contributed by atoms with Gasteiger partial charge in [0, 0.05) is 19.5 Å². The molecule has 4 nitrogen and oxygen atoms in total. The number of nitrogens with one attached hydrogen (secondary N) is 2. The molecule has 11 heavy (non-hydrogen) atoms. The molecule has 0 aromatic rings. The van der Waals surface area contributed by atoms with Crippen LogP contribution in [0.4, 0.5) is 0 Å². The van der Waals surface area contributed by atoms with Gasteiger partial charge in [0.2, 0.25) is 5.91 Å². The minimum absolute atomic E-state index is 0.00616. The van der Waals surface area contributed by atoms with Crippen LogP contribution in [0.15, 0.2) is 0 Å². The van der Waals surface area contributed by atoms with Crippen molar-refractivity contribution in [3.05, 3.63) is 0 Å². The average molecular weight is 159 g/mol. The molecule has 4 N–H and O–H groups in total. The van der Waals surface area contributed by atoms with E-state index < -0.39 is 0 Å². The van der Waals surface area contributed by atoms with Crippen LogP contribution in [0.25, 0.3) is 0 Å². The predicted octanol–water partition coefficient (Wildman–Crippen LogP) is -0.245. The van der Waals surface area contributed by atoms with Crippen LogP contribution >= 0.6 is 0 Å². The van der Waals surface area contributed by atoms with Crippen LogP contribution in [0.3, 0.4) is 0 Å². The highest BCUT2D eigenvalue weighted by Gasteiger charge is 2.06. The fourth-order valence-electron chi connectivity index (χ4n) is 0.901. The van der Waals surface area contributed by atoms with Crippen LogP contribution < -0.4 is 16.6 Å². The van der Waals surface area contributed by atoms with Crippen LogP contribution in [-0.4, -0.2) is 19.0 Å². The van der Waals surface area contributed by atoms with E-state index >= 15 is 0 Å². The molecule has 0 aliphatic carbocycles. The van der Waals surface area contributed by atoms with Crippen LogP contribution in [-0.2, 0) is 4.79 Å². The number of hydrogen-bond donors (Lipinski definition) is 3. The molecule has 66 valence electrons. The Morgan fingerprint density at radius 2 is 2.27 bits per heavy atom. The molecule has 1 amide bonds. The number of hydrogen-bond acceptors (Lipinski definition) is 3. The molecule has 0 aliphatic rings. The molecule has 1 atom stereocenters. The van der Waals surface area contributed by atoms with Gasteiger partial charge in [-0.15, -0.1) is 0 Å². The fourth-order valence-corrected chi connectivity index (χ4v) is 0.901. The van der Waals surface area contributed by atoms with Gasteiger partial charge in [-0.2, -0.15) is 0 Å². The van der Waals surface area contributed by atoms with Gasteiger partial charge in [-0.3, -0.25) is 10.2 Å². The topological polar surface area (TPSA) is 67.2 Å². The van der Waals surface area contributed by atoms with Crippen LogP contribution in [0.5, 0.6) is 0 Å². The van der Waals surface area contributed by atoms with E-state index in [2.05, 4.69) is 17.8 Å². The Morgan fingerprint density at radius 1 is 1.64 bits per heavy atom. The van der Waals surface area contributed by atoms with E-state index in [0.29, 0.717) is 6.42 Å². The summed E-state index contributed by atoms with van der Waals surface area (Å²) in [6, 6.07) is -0.00616. The summed E-state index contributed by atoms with van der Waals surface area (Å²) in [7, 11) is 1.66. The first-order valence-corrected chi connectivity index (χ1v) is 3.91. The van der Waals surface area contributed by atoms with Gasteiger partial charge in [0.1, 0.15) is 0 Å². The smallest absolute Gasteiger partial charge is 0.235 e. The molecule has 0 aromatic carbocycles. The Balaban J connectivity index is 3.40. The van der Waals surface area contributed by atoms with Crippen molar-refractivity contribution in [3.63, 3.8) is 0 Å². The first kappa shape index (κ1) is 10.4. The van der Waals surface area contributed by atoms with Gasteiger partial charge in [0.05, 0.1) is 0 Å². The number of rotatable bonds is 5. The summed E-state index contributed by atoms with van der Waals surface area (Å²) >= 11 is 0. The molecule has 0 spiro atoms. The third-order valence-corrected chi connectivity index (χ3v) is 1.37. The normalized spacial score (nSPS) is 12.6. The summed E-state index contributed by atoms with van der Waals surface area (Å²) in [5.74, 6) is -0.0477. The maximum Gasteiger partial charge on any atom is 0.235 e. The Bertz CT molecular complexity index is 116. The van der Waals surface area contributed by atoms with E-state index in [4.69, 9.17) is 5.73 Å². The van der Waals surface area contributed by atoms with E-state index in [1.165, 1.54) is 0 Å². The lowest BCUT2D eigenvalue weighted by Gasteiger charge is -2.09. The summed E-state index contributed by atoms with van der Waals surface area (Å²) in [4.78, 5) is 10.9. The maximum atomic E-state index is 10.9. The van der Waals surface area contributed by atoms with E-state index in [-0.39, 0.29) is 11.9 Å². The van der Waals surface area contributed by atoms with Crippen LogP contribution in [0.2, 0.25) is 0 Å². The van der Waals surface area contributed by atoms with Crippen molar-refractivity contribution in [2.24, 2.45) is 5.73 Å². The Kier molecular flexibility index (Phi) is 5.78. The minimum atomic E-state index is -0.0477. The van der Waals surface area contributed by atoms with E-state index in [1.807, 2.05) is 0 Å². The number of hydrazine groups is 1. The molecular formula is C7H17N3O. The summed E-state index contributed by atoms with van der Waals surface area (Å²) in [5, 5.41) is 0. The van der Waals surface area contributed by atoms with Crippen molar-refractivity contribution >= 4 is 5.91 Å². The van der Waals surface area contributed by atoms with Crippen molar-refractivity contribution in [3.8, 4) is 0 Å². The zero-order valence-corrected chi connectivity index (χ0v) is 7.18. The molecule has 0 saturated carbocycles. The number of carbonyl (C=O) groups excluding carboxylic acids is 1. The molecule has 0 aliphatic heterocycles. The molecule has 1 unspecified atom stereocenters. The monoisotopic (exact) mass is 159 g/mol. The second-order valence-electron chi connectivity index (χ2n) is 2.55. The molecule has 0 bridgehead atoms. The van der Waals surface area contributed by atoms with Crippen molar-refractivity contribution < 1.29 is 4.79 Å². The van der Waals surface area contributed by atoms with Gasteiger partial charge < -0.3 is 5.73 Å². The van der Waals surface area contributed by atoms with Crippen molar-refractivity contribution in [2.75, 3.05) is 7.05 Å². The van der Waals surface area contributed by atoms with Gasteiger partial charge in [-0.25, -0.2) is 5.43 Å². The van der Waals surface area contributed by atoms with Crippen LogP contribution in [0, 0.1) is 0 Å². The van der Waals surface area contributed by atoms with E-state index in [9.17, 15) is 4.79 Å². The Morgan fingerprint density at radius 3 is 2.73 bits per heavy atom. The molecular weight excluding hydrogens is 142 g/mol. The fraction of sp³-hybridized carbons (Fsp3) is 0.857. The van der Waals surface area contributed by atoms with Gasteiger partial charge in [0.25, 0.3) is 0 Å². The Hall–Kier alpha value is -0.610. The lowest BCUT2D eigenvalue weighted by molar-refractivity contribution is -0.122. The third kappa shape index (κ3) is 5.82. The molecule has 0 aromatic heterocycles. The maximum absolute atomic E-state index is 10.9. The molecule has 0 fully saturated rings. The third-order valence-electron chi connectivity index (χ3n) is 1.37. The molecule has 0 heterocycles. The number of amides is 1. The largest absolute Gasteiger partial charge is 0.327 e. The second-order valence-corrected chi connectivity index (χ2v) is 2.55. The summed E-state index contributed by atoms with van der Waals surface area (Å²) in [6.45, 7) is 2.05. The number of nitrogens with two attached hydrogens (primary N) is 1. The van der Waals surface area contributed by atoms with Crippen molar-refractivity contribution in [2.45, 2.75) is 32.2 Å². The van der Waals surface area contributed by atoms with Gasteiger partial charge >= 0.3 is 0 Å². The first-order valence-electron chi connectivity index (χ1n) is 3.91. The lowest BCUT2D eigenvalue weighted by Crippen LogP contribution is -2.38. The lowest BCUT2D eigenvalue weighted by atomic mass is 10.1. The summed E-state index contributed by atoms with van der Waals surface area (Å²) < 4.78 is 0. The highest BCUT2D eigenvalue weighted by atomic mass is 16.2. The highest BCUT2D eigenvalue weighted by Crippen LogP contribution is 1.96. The van der Waals surface area contributed by atoms with Crippen molar-refractivity contribution in [1.82, 2.24) is 10.9 Å². The van der Waals surface area contributed by atoms with Crippen LogP contribution in [0.1, 0.15) is 26.2 Å². The highest BCUT2D eigenvalue weighted by molar-refractivity contribution is 5.75. The molecule has 0 saturated heterocycles. The average Bonchev–Trinajstić information content (AvgIpc) is 1.87. The van der Waals surface area contributed by atoms with E-state index in [1.54, 1.807) is 7.05 Å². The standard InChI is InChI=1S/C7H17N3O/c1-3-4-6(8)5-7(11)10-9-2/h6,9H,3-5,8H2,1-2H3,(H,10,11).